The highest BCUT2D eigenvalue weighted by atomic mass is 32.2. The summed E-state index contributed by atoms with van der Waals surface area (Å²) < 4.78 is 32.0. The number of aryl methyl sites for hydroxylation is 1. The molecule has 0 atom stereocenters. The Morgan fingerprint density at radius 3 is 2.59 bits per heavy atom. The number of aromatic nitrogens is 1. The highest BCUT2D eigenvalue weighted by Crippen LogP contribution is 2.22. The maximum absolute atomic E-state index is 12.2. The van der Waals surface area contributed by atoms with Gasteiger partial charge < -0.3 is 5.32 Å². The first kappa shape index (κ1) is 19.5. The van der Waals surface area contributed by atoms with Crippen molar-refractivity contribution < 1.29 is 13.2 Å². The van der Waals surface area contributed by atoms with Gasteiger partial charge in [0, 0.05) is 29.7 Å². The predicted molar refractivity (Wildman–Crippen MR) is 108 cm³/mol. The van der Waals surface area contributed by atoms with Crippen LogP contribution in [0.2, 0.25) is 0 Å². The van der Waals surface area contributed by atoms with E-state index >= 15 is 0 Å². The first-order chi connectivity index (χ1) is 12.8. The van der Waals surface area contributed by atoms with Gasteiger partial charge in [-0.3, -0.25) is 4.79 Å². The lowest BCUT2D eigenvalue weighted by molar-refractivity contribution is -0.116. The Bertz CT molecular complexity index is 1040. The van der Waals surface area contributed by atoms with Crippen LogP contribution in [0.5, 0.6) is 0 Å². The molecule has 0 aliphatic carbocycles. The molecule has 1 aromatic heterocycles. The van der Waals surface area contributed by atoms with Crippen LogP contribution in [0.3, 0.4) is 0 Å². The lowest BCUT2D eigenvalue weighted by atomic mass is 10.1. The van der Waals surface area contributed by atoms with Crippen LogP contribution in [0.4, 0.5) is 5.69 Å². The van der Waals surface area contributed by atoms with Crippen molar-refractivity contribution in [3.63, 3.8) is 0 Å². The van der Waals surface area contributed by atoms with Crippen LogP contribution in [0.1, 0.15) is 25.8 Å². The van der Waals surface area contributed by atoms with Crippen molar-refractivity contribution in [3.8, 4) is 0 Å². The molecule has 0 spiro atoms. The first-order valence-corrected chi connectivity index (χ1v) is 10.8. The summed E-state index contributed by atoms with van der Waals surface area (Å²) in [6.07, 6.45) is 2.63. The minimum atomic E-state index is -3.49. The molecule has 142 valence electrons. The number of rotatable bonds is 7. The van der Waals surface area contributed by atoms with E-state index in [-0.39, 0.29) is 16.8 Å². The molecule has 2 N–H and O–H groups in total. The molecular formula is C19H21N3O3S2. The van der Waals surface area contributed by atoms with Gasteiger partial charge in [0.2, 0.25) is 15.9 Å². The Morgan fingerprint density at radius 2 is 1.89 bits per heavy atom. The Morgan fingerprint density at radius 1 is 1.15 bits per heavy atom. The van der Waals surface area contributed by atoms with Gasteiger partial charge in [0.25, 0.3) is 0 Å². The van der Waals surface area contributed by atoms with Gasteiger partial charge in [-0.15, -0.1) is 0 Å². The van der Waals surface area contributed by atoms with Crippen molar-refractivity contribution in [2.45, 2.75) is 37.6 Å². The monoisotopic (exact) mass is 403 g/mol. The van der Waals surface area contributed by atoms with Crippen LogP contribution < -0.4 is 10.0 Å². The molecule has 1 heterocycles. The number of fused-ring (bicyclic) bond motifs is 1. The standard InChI is InChI=1S/C19H21N3O3S2/c1-13(2)22-27(24,25)17-7-3-14(4-8-17)5-10-19(23)21-16-6-9-18-15(11-16)12-20-26-18/h3-4,6-9,11-13,22H,5,10H2,1-2H3,(H,21,23). The molecule has 1 amide bonds. The number of hydrogen-bond acceptors (Lipinski definition) is 5. The highest BCUT2D eigenvalue weighted by Gasteiger charge is 2.15. The zero-order chi connectivity index (χ0) is 19.4. The van der Waals surface area contributed by atoms with E-state index in [4.69, 9.17) is 0 Å². The second-order valence-corrected chi connectivity index (χ2v) is 9.09. The van der Waals surface area contributed by atoms with E-state index in [1.54, 1.807) is 44.3 Å². The molecule has 3 rings (SSSR count). The van der Waals surface area contributed by atoms with E-state index in [1.807, 2.05) is 18.2 Å². The average molecular weight is 404 g/mol. The fourth-order valence-electron chi connectivity index (χ4n) is 2.65. The van der Waals surface area contributed by atoms with Gasteiger partial charge >= 0.3 is 0 Å². The van der Waals surface area contributed by atoms with Crippen LogP contribution in [0, 0.1) is 0 Å². The number of nitrogens with zero attached hydrogens (tertiary/aromatic N) is 1. The second-order valence-electron chi connectivity index (χ2n) is 6.55. The Hall–Kier alpha value is -2.29. The van der Waals surface area contributed by atoms with Crippen LogP contribution in [-0.4, -0.2) is 24.7 Å². The summed E-state index contributed by atoms with van der Waals surface area (Å²) in [6, 6.07) is 12.1. The molecule has 3 aromatic rings. The van der Waals surface area contributed by atoms with E-state index in [0.29, 0.717) is 12.8 Å². The van der Waals surface area contributed by atoms with E-state index in [0.717, 1.165) is 21.3 Å². The van der Waals surface area contributed by atoms with Crippen LogP contribution in [0.15, 0.2) is 53.6 Å². The summed E-state index contributed by atoms with van der Waals surface area (Å²) in [6.45, 7) is 3.55. The summed E-state index contributed by atoms with van der Waals surface area (Å²) in [5.74, 6) is -0.0873. The van der Waals surface area contributed by atoms with Crippen LogP contribution in [0.25, 0.3) is 10.1 Å². The van der Waals surface area contributed by atoms with Gasteiger partial charge in [-0.25, -0.2) is 13.1 Å². The fraction of sp³-hybridized carbons (Fsp3) is 0.263. The molecule has 0 fully saturated rings. The van der Waals surface area contributed by atoms with Gasteiger partial charge in [0.1, 0.15) is 0 Å². The number of amides is 1. The number of carbonyl (C=O) groups excluding carboxylic acids is 1. The number of carbonyl (C=O) groups is 1. The quantitative estimate of drug-likeness (QED) is 0.631. The minimum Gasteiger partial charge on any atom is -0.326 e. The third-order valence-corrected chi connectivity index (χ3v) is 6.36. The highest BCUT2D eigenvalue weighted by molar-refractivity contribution is 7.89. The SMILES string of the molecule is CC(C)NS(=O)(=O)c1ccc(CCC(=O)Nc2ccc3sncc3c2)cc1. The summed E-state index contributed by atoms with van der Waals surface area (Å²) in [4.78, 5) is 12.4. The molecule has 0 bridgehead atoms. The number of benzene rings is 2. The topological polar surface area (TPSA) is 88.2 Å². The van der Waals surface area contributed by atoms with E-state index in [2.05, 4.69) is 14.4 Å². The molecular weight excluding hydrogens is 382 g/mol. The third kappa shape index (κ3) is 5.12. The summed E-state index contributed by atoms with van der Waals surface area (Å²) in [5, 5.41) is 3.89. The molecule has 8 heteroatoms. The van der Waals surface area contributed by atoms with Gasteiger partial charge in [-0.2, -0.15) is 4.37 Å². The molecule has 27 heavy (non-hydrogen) atoms. The molecule has 0 aliphatic heterocycles. The fourth-order valence-corrected chi connectivity index (χ4v) is 4.52. The molecule has 0 saturated carbocycles. The van der Waals surface area contributed by atoms with Crippen molar-refractivity contribution in [3.05, 3.63) is 54.2 Å². The molecule has 0 radical (unpaired) electrons. The second kappa shape index (κ2) is 8.16. The van der Waals surface area contributed by atoms with Gasteiger partial charge in [-0.05, 0) is 67.7 Å². The van der Waals surface area contributed by atoms with Crippen LogP contribution in [-0.2, 0) is 21.2 Å². The lowest BCUT2D eigenvalue weighted by Crippen LogP contribution is -2.30. The third-order valence-electron chi connectivity index (χ3n) is 3.90. The van der Waals surface area contributed by atoms with E-state index < -0.39 is 10.0 Å². The molecule has 6 nitrogen and oxygen atoms in total. The van der Waals surface area contributed by atoms with Crippen molar-refractivity contribution in [1.82, 2.24) is 9.10 Å². The lowest BCUT2D eigenvalue weighted by Gasteiger charge is -2.10. The molecule has 2 aromatic carbocycles. The first-order valence-electron chi connectivity index (χ1n) is 8.59. The summed E-state index contributed by atoms with van der Waals surface area (Å²) >= 11 is 1.42. The Labute approximate surface area is 162 Å². The smallest absolute Gasteiger partial charge is 0.240 e. The summed E-state index contributed by atoms with van der Waals surface area (Å²) in [5.41, 5.74) is 1.65. The number of anilines is 1. The molecule has 0 saturated heterocycles. The largest absolute Gasteiger partial charge is 0.326 e. The van der Waals surface area contributed by atoms with Gasteiger partial charge in [-0.1, -0.05) is 12.1 Å². The maximum Gasteiger partial charge on any atom is 0.240 e. The Kier molecular flexibility index (Phi) is 5.88. The normalized spacial score (nSPS) is 11.8. The predicted octanol–water partition coefficient (Wildman–Crippen LogP) is 3.55. The zero-order valence-electron chi connectivity index (χ0n) is 15.1. The van der Waals surface area contributed by atoms with E-state index in [1.165, 1.54) is 11.5 Å². The van der Waals surface area contributed by atoms with Gasteiger partial charge in [0.15, 0.2) is 0 Å². The zero-order valence-corrected chi connectivity index (χ0v) is 16.7. The van der Waals surface area contributed by atoms with E-state index in [9.17, 15) is 13.2 Å². The van der Waals surface area contributed by atoms with Crippen molar-refractivity contribution in [1.29, 1.82) is 0 Å². The maximum atomic E-state index is 12.2. The molecule has 0 unspecified atom stereocenters. The average Bonchev–Trinajstić information content (AvgIpc) is 3.07. The van der Waals surface area contributed by atoms with Crippen molar-refractivity contribution in [2.75, 3.05) is 5.32 Å². The molecule has 0 aliphatic rings. The van der Waals surface area contributed by atoms with Gasteiger partial charge in [0.05, 0.1) is 9.60 Å². The minimum absolute atomic E-state index is 0.0873. The number of sulfonamides is 1. The van der Waals surface area contributed by atoms with Crippen molar-refractivity contribution >= 4 is 43.2 Å². The number of hydrogen-bond donors (Lipinski definition) is 2. The Balaban J connectivity index is 1.57. The summed E-state index contributed by atoms with van der Waals surface area (Å²) in [7, 11) is -3.49. The van der Waals surface area contributed by atoms with Crippen molar-refractivity contribution in [2.24, 2.45) is 0 Å². The number of nitrogens with one attached hydrogen (secondary N) is 2. The van der Waals surface area contributed by atoms with Crippen LogP contribution >= 0.6 is 11.5 Å².